The normalized spacial score (nSPS) is 19.2. The molecule has 1 aliphatic carbocycles. The quantitative estimate of drug-likeness (QED) is 0.242. The van der Waals surface area contributed by atoms with Crippen LogP contribution in [-0.2, 0) is 16.2 Å². The lowest BCUT2D eigenvalue weighted by atomic mass is 9.68. The van der Waals surface area contributed by atoms with Gasteiger partial charge < -0.3 is 20.1 Å². The van der Waals surface area contributed by atoms with Crippen LogP contribution in [0.2, 0.25) is 0 Å². The fourth-order valence-electron chi connectivity index (χ4n) is 6.21. The molecule has 45 heavy (non-hydrogen) atoms. The number of hydrogen-bond donors (Lipinski definition) is 2. The Balaban J connectivity index is 1.39. The molecule has 1 aliphatic heterocycles. The summed E-state index contributed by atoms with van der Waals surface area (Å²) in [6.07, 6.45) is 2.58. The number of ether oxygens (including phenoxy) is 2. The molecule has 0 bridgehead atoms. The molecule has 2 aliphatic rings. The molecule has 8 heteroatoms. The van der Waals surface area contributed by atoms with Crippen LogP contribution in [0.4, 0.5) is 5.82 Å². The third-order valence-electron chi connectivity index (χ3n) is 8.35. The van der Waals surface area contributed by atoms with E-state index in [4.69, 9.17) is 14.7 Å². The third-order valence-corrected chi connectivity index (χ3v) is 8.35. The number of benzene rings is 3. The number of methoxy groups -OCH3 is 1. The summed E-state index contributed by atoms with van der Waals surface area (Å²) in [6.45, 7) is 4.46. The number of hydrogen-bond acceptors (Lipinski definition) is 7. The molecule has 1 amide bonds. The monoisotopic (exact) mass is 596 g/mol. The number of aromatic nitrogens is 1. The van der Waals surface area contributed by atoms with Gasteiger partial charge >= 0.3 is 0 Å². The van der Waals surface area contributed by atoms with E-state index in [1.807, 2.05) is 48.5 Å². The topological polar surface area (TPSA) is 113 Å². The van der Waals surface area contributed by atoms with Crippen molar-refractivity contribution in [3.8, 4) is 17.6 Å². The van der Waals surface area contributed by atoms with Gasteiger partial charge in [-0.05, 0) is 72.0 Å². The minimum Gasteiger partial charge on any atom is -0.496 e. The fourth-order valence-corrected chi connectivity index (χ4v) is 6.21. The molecule has 3 atom stereocenters. The van der Waals surface area contributed by atoms with Gasteiger partial charge in [0.25, 0.3) is 0 Å². The molecule has 3 unspecified atom stereocenters. The number of nitrogens with zero attached hydrogens (tertiary/aromatic N) is 2. The van der Waals surface area contributed by atoms with E-state index in [0.717, 1.165) is 22.4 Å². The molecule has 224 valence electrons. The van der Waals surface area contributed by atoms with Gasteiger partial charge in [0.1, 0.15) is 23.9 Å². The molecule has 0 saturated heterocycles. The summed E-state index contributed by atoms with van der Waals surface area (Å²) >= 11 is 0. The number of carbonyl (C=O) groups excluding carboxylic acids is 2. The summed E-state index contributed by atoms with van der Waals surface area (Å²) in [5.74, 6) is -0.0517. The smallest absolute Gasteiger partial charge is 0.235 e. The largest absolute Gasteiger partial charge is 0.496 e. The van der Waals surface area contributed by atoms with Crippen molar-refractivity contribution in [2.24, 2.45) is 5.92 Å². The summed E-state index contributed by atoms with van der Waals surface area (Å²) in [6, 6.07) is 30.0. The maximum Gasteiger partial charge on any atom is 0.235 e. The van der Waals surface area contributed by atoms with E-state index < -0.39 is 11.8 Å². The van der Waals surface area contributed by atoms with Crippen LogP contribution in [0, 0.1) is 17.2 Å². The molecule has 6 rings (SSSR count). The zero-order valence-corrected chi connectivity index (χ0v) is 24.8. The van der Waals surface area contributed by atoms with Gasteiger partial charge in [-0.3, -0.25) is 9.59 Å². The van der Waals surface area contributed by atoms with Crippen LogP contribution in [0.1, 0.15) is 46.9 Å². The first-order chi connectivity index (χ1) is 21.9. The molecule has 1 aromatic heterocycles. The van der Waals surface area contributed by atoms with E-state index >= 15 is 0 Å². The second kappa shape index (κ2) is 12.9. The van der Waals surface area contributed by atoms with Crippen molar-refractivity contribution in [2.45, 2.75) is 31.3 Å². The average Bonchev–Trinajstić information content (AvgIpc) is 3.07. The van der Waals surface area contributed by atoms with Crippen molar-refractivity contribution in [1.82, 2.24) is 10.3 Å². The number of carbonyl (C=O) groups is 2. The first kappa shape index (κ1) is 29.4. The number of nitriles is 1. The van der Waals surface area contributed by atoms with Crippen molar-refractivity contribution in [1.29, 1.82) is 5.26 Å². The van der Waals surface area contributed by atoms with Crippen molar-refractivity contribution in [2.75, 3.05) is 12.4 Å². The Bertz CT molecular complexity index is 1810. The Kier molecular flexibility index (Phi) is 8.43. The van der Waals surface area contributed by atoms with E-state index in [2.05, 4.69) is 28.3 Å². The van der Waals surface area contributed by atoms with E-state index in [-0.39, 0.29) is 24.2 Å². The van der Waals surface area contributed by atoms with Crippen molar-refractivity contribution >= 4 is 17.5 Å². The molecule has 2 N–H and O–H groups in total. The second-order valence-corrected chi connectivity index (χ2v) is 11.1. The van der Waals surface area contributed by atoms with Crippen LogP contribution >= 0.6 is 0 Å². The number of anilines is 1. The summed E-state index contributed by atoms with van der Waals surface area (Å²) in [5, 5.41) is 15.4. The SMILES string of the molecule is C=C1NC2=C(C(=O)CC(c3ccccc3)C2)C(c2ccc(OC)c(COc3ccc(C#N)cc3)c2)C1C(=O)Nc1ccccn1. The van der Waals surface area contributed by atoms with Gasteiger partial charge in [0.15, 0.2) is 5.78 Å². The zero-order chi connectivity index (χ0) is 31.3. The fraction of sp³-hybridized carbons (Fsp3) is 0.189. The Morgan fingerprint density at radius 2 is 1.80 bits per heavy atom. The number of amides is 1. The number of Topliss-reactive ketones (excluding diaryl/α,β-unsaturated/α-hetero) is 1. The van der Waals surface area contributed by atoms with E-state index in [1.165, 1.54) is 0 Å². The Morgan fingerprint density at radius 1 is 1.02 bits per heavy atom. The Hall–Kier alpha value is -5.68. The standard InChI is InChI=1S/C37H32N4O4/c1-23-34(37(43)41-33-10-6-7-17-39-33)35(36-30(40-23)19-27(20-31(36)42)25-8-4-3-5-9-25)26-13-16-32(44-2)28(18-26)22-45-29-14-11-24(21-38)12-15-29/h3-18,27,34-35,40H,1,19-20,22H2,2H3,(H,39,41,43). The van der Waals surface area contributed by atoms with Crippen LogP contribution in [0.15, 0.2) is 121 Å². The summed E-state index contributed by atoms with van der Waals surface area (Å²) in [7, 11) is 1.59. The minimum atomic E-state index is -0.788. The summed E-state index contributed by atoms with van der Waals surface area (Å²) in [4.78, 5) is 32.3. The van der Waals surface area contributed by atoms with Gasteiger partial charge in [0.05, 0.1) is 24.7 Å². The third kappa shape index (κ3) is 6.20. The minimum absolute atomic E-state index is 0.00283. The molecule has 8 nitrogen and oxygen atoms in total. The van der Waals surface area contributed by atoms with Crippen molar-refractivity contribution in [3.63, 3.8) is 0 Å². The average molecular weight is 597 g/mol. The molecule has 2 heterocycles. The highest BCUT2D eigenvalue weighted by Gasteiger charge is 2.45. The van der Waals surface area contributed by atoms with Crippen LogP contribution < -0.4 is 20.1 Å². The summed E-state index contributed by atoms with van der Waals surface area (Å²) in [5.41, 5.74) is 5.07. The van der Waals surface area contributed by atoms with Crippen molar-refractivity contribution < 1.29 is 19.1 Å². The van der Waals surface area contributed by atoms with E-state index in [1.54, 1.807) is 55.8 Å². The number of rotatable bonds is 8. The molecule has 0 saturated carbocycles. The second-order valence-electron chi connectivity index (χ2n) is 11.1. The zero-order valence-electron chi connectivity index (χ0n) is 24.8. The molecule has 3 aromatic carbocycles. The molecule has 0 radical (unpaired) electrons. The molecule has 4 aromatic rings. The van der Waals surface area contributed by atoms with Gasteiger partial charge in [0.2, 0.25) is 5.91 Å². The van der Waals surface area contributed by atoms with Gasteiger partial charge in [-0.15, -0.1) is 0 Å². The lowest BCUT2D eigenvalue weighted by Gasteiger charge is -2.40. The van der Waals surface area contributed by atoms with Gasteiger partial charge in [-0.1, -0.05) is 49.0 Å². The maximum atomic E-state index is 14.1. The first-order valence-electron chi connectivity index (χ1n) is 14.7. The lowest BCUT2D eigenvalue weighted by molar-refractivity contribution is -0.120. The Labute approximate surface area is 262 Å². The van der Waals surface area contributed by atoms with Gasteiger partial charge in [-0.25, -0.2) is 4.98 Å². The number of allylic oxidation sites excluding steroid dienone is 2. The lowest BCUT2D eigenvalue weighted by Crippen LogP contribution is -2.43. The van der Waals surface area contributed by atoms with Gasteiger partial charge in [-0.2, -0.15) is 5.26 Å². The van der Waals surface area contributed by atoms with E-state index in [9.17, 15) is 9.59 Å². The molecular formula is C37H32N4O4. The number of ketones is 1. The van der Waals surface area contributed by atoms with Crippen LogP contribution in [0.25, 0.3) is 0 Å². The van der Waals surface area contributed by atoms with E-state index in [0.29, 0.717) is 47.0 Å². The van der Waals surface area contributed by atoms with Crippen LogP contribution in [0.5, 0.6) is 11.5 Å². The molecular weight excluding hydrogens is 564 g/mol. The number of nitrogens with one attached hydrogen (secondary N) is 2. The summed E-state index contributed by atoms with van der Waals surface area (Å²) < 4.78 is 11.7. The molecule has 0 spiro atoms. The predicted molar refractivity (Wildman–Crippen MR) is 170 cm³/mol. The van der Waals surface area contributed by atoms with Gasteiger partial charge in [0, 0.05) is 41.1 Å². The number of pyridine rings is 1. The highest BCUT2D eigenvalue weighted by atomic mass is 16.5. The van der Waals surface area contributed by atoms with Crippen LogP contribution in [0.3, 0.4) is 0 Å². The van der Waals surface area contributed by atoms with Crippen molar-refractivity contribution in [3.05, 3.63) is 143 Å². The highest BCUT2D eigenvalue weighted by molar-refractivity contribution is 6.03. The predicted octanol–water partition coefficient (Wildman–Crippen LogP) is 6.40. The molecule has 0 fully saturated rings. The highest BCUT2D eigenvalue weighted by Crippen LogP contribution is 2.47. The Morgan fingerprint density at radius 3 is 2.51 bits per heavy atom. The first-order valence-corrected chi connectivity index (χ1v) is 14.7. The maximum absolute atomic E-state index is 14.1. The van der Waals surface area contributed by atoms with Crippen LogP contribution in [-0.4, -0.2) is 23.8 Å².